The Morgan fingerprint density at radius 2 is 1.17 bits per heavy atom. The fourth-order valence-electron chi connectivity index (χ4n) is 2.66. The highest BCUT2D eigenvalue weighted by atomic mass is 16.1. The molecule has 0 aliphatic heterocycles. The lowest BCUT2D eigenvalue weighted by Gasteiger charge is -2.02. The van der Waals surface area contributed by atoms with Gasteiger partial charge in [0, 0.05) is 11.4 Å². The third-order valence-corrected chi connectivity index (χ3v) is 3.67. The SMILES string of the molecule is CC(C)Cc1ccc(C(=O)CC(=O)c2ccc(CC(C)C)[nH]2)[nH]1. The van der Waals surface area contributed by atoms with Gasteiger partial charge >= 0.3 is 0 Å². The van der Waals surface area contributed by atoms with Crippen LogP contribution in [0.25, 0.3) is 0 Å². The minimum absolute atomic E-state index is 0.108. The first-order chi connectivity index (χ1) is 10.8. The predicted octanol–water partition coefficient (Wildman–Crippen LogP) is 4.20. The molecule has 2 aromatic heterocycles. The van der Waals surface area contributed by atoms with Crippen LogP contribution >= 0.6 is 0 Å². The van der Waals surface area contributed by atoms with Gasteiger partial charge in [0.2, 0.25) is 0 Å². The number of carbonyl (C=O) groups is 2. The van der Waals surface area contributed by atoms with Gasteiger partial charge in [-0.1, -0.05) is 27.7 Å². The number of hydrogen-bond acceptors (Lipinski definition) is 2. The predicted molar refractivity (Wildman–Crippen MR) is 91.9 cm³/mol. The van der Waals surface area contributed by atoms with Gasteiger partial charge in [0.05, 0.1) is 17.8 Å². The lowest BCUT2D eigenvalue weighted by molar-refractivity contribution is 0.0889. The minimum Gasteiger partial charge on any atom is -0.356 e. The molecule has 2 N–H and O–H groups in total. The lowest BCUT2D eigenvalue weighted by atomic mass is 10.1. The molecule has 0 atom stereocenters. The fourth-order valence-corrected chi connectivity index (χ4v) is 2.66. The number of Topliss-reactive ketones (excluding diaryl/α,β-unsaturated/α-hetero) is 2. The molecule has 0 aliphatic rings. The maximum absolute atomic E-state index is 12.2. The van der Waals surface area contributed by atoms with Crippen molar-refractivity contribution in [1.82, 2.24) is 9.97 Å². The molecular formula is C19H26N2O2. The van der Waals surface area contributed by atoms with Crippen molar-refractivity contribution in [2.24, 2.45) is 11.8 Å². The van der Waals surface area contributed by atoms with Gasteiger partial charge in [-0.2, -0.15) is 0 Å². The van der Waals surface area contributed by atoms with Gasteiger partial charge in [0.25, 0.3) is 0 Å². The van der Waals surface area contributed by atoms with Crippen LogP contribution < -0.4 is 0 Å². The van der Waals surface area contributed by atoms with E-state index in [2.05, 4.69) is 37.7 Å². The Hall–Kier alpha value is -2.10. The fraction of sp³-hybridized carbons (Fsp3) is 0.474. The highest BCUT2D eigenvalue weighted by Gasteiger charge is 2.17. The first kappa shape index (κ1) is 17.3. The molecule has 2 heterocycles. The third kappa shape index (κ3) is 4.95. The minimum atomic E-state index is -0.162. The van der Waals surface area contributed by atoms with Crippen LogP contribution in [0.1, 0.15) is 66.5 Å². The van der Waals surface area contributed by atoms with Crippen molar-refractivity contribution < 1.29 is 9.59 Å². The van der Waals surface area contributed by atoms with Crippen molar-refractivity contribution in [3.8, 4) is 0 Å². The monoisotopic (exact) mass is 314 g/mol. The number of carbonyl (C=O) groups excluding carboxylic acids is 2. The zero-order valence-corrected chi connectivity index (χ0v) is 14.4. The molecule has 2 aromatic rings. The molecule has 0 aliphatic carbocycles. The van der Waals surface area contributed by atoms with Gasteiger partial charge in [-0.05, 0) is 48.9 Å². The molecule has 0 radical (unpaired) electrons. The molecule has 0 bridgehead atoms. The van der Waals surface area contributed by atoms with Crippen molar-refractivity contribution in [3.63, 3.8) is 0 Å². The summed E-state index contributed by atoms with van der Waals surface area (Å²) in [5.74, 6) is 0.725. The molecule has 4 nitrogen and oxygen atoms in total. The molecule has 0 saturated carbocycles. The van der Waals surface area contributed by atoms with E-state index in [1.807, 2.05) is 12.1 Å². The van der Waals surface area contributed by atoms with Crippen LogP contribution in [0.3, 0.4) is 0 Å². The topological polar surface area (TPSA) is 65.7 Å². The van der Waals surface area contributed by atoms with Crippen LogP contribution in [0.5, 0.6) is 0 Å². The van der Waals surface area contributed by atoms with Crippen LogP contribution in [-0.4, -0.2) is 21.5 Å². The second kappa shape index (κ2) is 7.44. The number of hydrogen-bond donors (Lipinski definition) is 2. The first-order valence-electron chi connectivity index (χ1n) is 8.27. The van der Waals surface area contributed by atoms with Crippen LogP contribution in [0.15, 0.2) is 24.3 Å². The summed E-state index contributed by atoms with van der Waals surface area (Å²) in [7, 11) is 0. The van der Waals surface area contributed by atoms with E-state index >= 15 is 0 Å². The number of H-pyrrole nitrogens is 2. The van der Waals surface area contributed by atoms with E-state index < -0.39 is 0 Å². The highest BCUT2D eigenvalue weighted by Crippen LogP contribution is 2.13. The van der Waals surface area contributed by atoms with Crippen molar-refractivity contribution in [1.29, 1.82) is 0 Å². The number of rotatable bonds is 8. The molecule has 0 unspecified atom stereocenters. The van der Waals surface area contributed by atoms with Gasteiger partial charge in [-0.15, -0.1) is 0 Å². The smallest absolute Gasteiger partial charge is 0.186 e. The Bertz CT molecular complexity index is 619. The molecule has 0 spiro atoms. The van der Waals surface area contributed by atoms with Gasteiger partial charge in [-0.3, -0.25) is 9.59 Å². The zero-order valence-electron chi connectivity index (χ0n) is 14.4. The molecule has 4 heteroatoms. The van der Waals surface area contributed by atoms with E-state index in [-0.39, 0.29) is 18.0 Å². The van der Waals surface area contributed by atoms with E-state index in [0.29, 0.717) is 23.2 Å². The van der Waals surface area contributed by atoms with E-state index in [9.17, 15) is 9.59 Å². The normalized spacial score (nSPS) is 11.4. The Morgan fingerprint density at radius 1 is 0.783 bits per heavy atom. The van der Waals surface area contributed by atoms with E-state index in [1.165, 1.54) is 0 Å². The number of nitrogens with one attached hydrogen (secondary N) is 2. The van der Waals surface area contributed by atoms with E-state index in [1.54, 1.807) is 12.1 Å². The Balaban J connectivity index is 1.97. The molecular weight excluding hydrogens is 288 g/mol. The first-order valence-corrected chi connectivity index (χ1v) is 8.27. The largest absolute Gasteiger partial charge is 0.356 e. The summed E-state index contributed by atoms with van der Waals surface area (Å²) in [6, 6.07) is 7.39. The van der Waals surface area contributed by atoms with Gasteiger partial charge < -0.3 is 9.97 Å². The Kier molecular flexibility index (Phi) is 5.59. The molecule has 2 rings (SSSR count). The summed E-state index contributed by atoms with van der Waals surface area (Å²) >= 11 is 0. The number of ketones is 2. The van der Waals surface area contributed by atoms with Crippen molar-refractivity contribution >= 4 is 11.6 Å². The maximum Gasteiger partial charge on any atom is 0.186 e. The van der Waals surface area contributed by atoms with Crippen LogP contribution in [-0.2, 0) is 12.8 Å². The second-order valence-corrected chi connectivity index (χ2v) is 7.01. The molecule has 0 aromatic carbocycles. The van der Waals surface area contributed by atoms with E-state index in [4.69, 9.17) is 0 Å². The summed E-state index contributed by atoms with van der Waals surface area (Å²) in [4.78, 5) is 30.7. The average molecular weight is 314 g/mol. The highest BCUT2D eigenvalue weighted by molar-refractivity contribution is 6.12. The molecule has 0 amide bonds. The average Bonchev–Trinajstić information content (AvgIpc) is 3.06. The zero-order chi connectivity index (χ0) is 17.0. The second-order valence-electron chi connectivity index (χ2n) is 7.01. The van der Waals surface area contributed by atoms with Crippen molar-refractivity contribution in [2.75, 3.05) is 0 Å². The van der Waals surface area contributed by atoms with Gasteiger partial charge in [-0.25, -0.2) is 0 Å². The maximum atomic E-state index is 12.2. The van der Waals surface area contributed by atoms with Crippen LogP contribution in [0.2, 0.25) is 0 Å². The van der Waals surface area contributed by atoms with Gasteiger partial charge in [0.15, 0.2) is 11.6 Å². The molecule has 0 fully saturated rings. The quantitative estimate of drug-likeness (QED) is 0.566. The van der Waals surface area contributed by atoms with Crippen molar-refractivity contribution in [2.45, 2.75) is 47.0 Å². The summed E-state index contributed by atoms with van der Waals surface area (Å²) < 4.78 is 0. The summed E-state index contributed by atoms with van der Waals surface area (Å²) in [6.45, 7) is 8.52. The summed E-state index contributed by atoms with van der Waals surface area (Å²) in [5.41, 5.74) is 3.11. The van der Waals surface area contributed by atoms with Crippen molar-refractivity contribution in [3.05, 3.63) is 47.0 Å². The standard InChI is InChI=1S/C19H26N2O2/c1-12(2)9-14-5-7-16(20-14)18(22)11-19(23)17-8-6-15(21-17)10-13(3)4/h5-8,12-13,20-21H,9-11H2,1-4H3. The third-order valence-electron chi connectivity index (χ3n) is 3.67. The van der Waals surface area contributed by atoms with Crippen LogP contribution in [0.4, 0.5) is 0 Å². The lowest BCUT2D eigenvalue weighted by Crippen LogP contribution is -2.10. The van der Waals surface area contributed by atoms with Gasteiger partial charge in [0.1, 0.15) is 0 Å². The molecule has 0 saturated heterocycles. The number of aromatic amines is 2. The van der Waals surface area contributed by atoms with E-state index in [0.717, 1.165) is 24.2 Å². The molecule has 23 heavy (non-hydrogen) atoms. The molecule has 124 valence electrons. The van der Waals surface area contributed by atoms with Crippen LogP contribution in [0, 0.1) is 11.8 Å². The summed E-state index contributed by atoms with van der Waals surface area (Å²) in [5, 5.41) is 0. The number of aromatic nitrogens is 2. The Labute approximate surface area is 137 Å². The summed E-state index contributed by atoms with van der Waals surface area (Å²) in [6.07, 6.45) is 1.69. The Morgan fingerprint density at radius 3 is 1.52 bits per heavy atom.